The van der Waals surface area contributed by atoms with Crippen LogP contribution in [-0.2, 0) is 0 Å². The molecule has 0 amide bonds. The van der Waals surface area contributed by atoms with E-state index in [0.717, 1.165) is 42.7 Å². The van der Waals surface area contributed by atoms with Crippen molar-refractivity contribution >= 4 is 5.57 Å². The molecule has 4 N–H and O–H groups in total. The van der Waals surface area contributed by atoms with Crippen molar-refractivity contribution in [2.45, 2.75) is 60.3 Å². The van der Waals surface area contributed by atoms with Crippen molar-refractivity contribution in [3.63, 3.8) is 0 Å². The number of hydrogen-bond acceptors (Lipinski definition) is 3. The Kier molecular flexibility index (Phi) is 7.47. The molecule has 0 aromatic heterocycles. The molecule has 0 aliphatic carbocycles. The van der Waals surface area contributed by atoms with Crippen LogP contribution in [0.4, 0.5) is 0 Å². The van der Waals surface area contributed by atoms with Gasteiger partial charge in [0.2, 0.25) is 0 Å². The van der Waals surface area contributed by atoms with E-state index in [2.05, 4.69) is 75.9 Å². The van der Waals surface area contributed by atoms with Crippen molar-refractivity contribution in [3.05, 3.63) is 87.9 Å². The summed E-state index contributed by atoms with van der Waals surface area (Å²) in [4.78, 5) is 0. The van der Waals surface area contributed by atoms with Crippen molar-refractivity contribution in [1.29, 1.82) is 0 Å². The van der Waals surface area contributed by atoms with E-state index in [1.165, 1.54) is 39.1 Å². The van der Waals surface area contributed by atoms with Gasteiger partial charge in [-0.3, -0.25) is 5.84 Å². The highest BCUT2D eigenvalue weighted by Crippen LogP contribution is 2.35. The first-order valence-corrected chi connectivity index (χ1v) is 9.98. The average Bonchev–Trinajstić information content (AvgIpc) is 2.70. The second-order valence-corrected chi connectivity index (χ2v) is 7.93. The standard InChI is InChI=1S/C25H35N3/c1-16(2)8-11-18(4)25-23(14-15-24(27-25)21(7)28-26)20(6)19(5)22-12-9-17(3)10-13-22/h9-10,12-13,27-28H,1,5,8,11,14-15,26H2,2-4,6-7H3/b23-20-,24-21-,25-18+. The van der Waals surface area contributed by atoms with Crippen LogP contribution in [0.1, 0.15) is 64.5 Å². The first-order chi connectivity index (χ1) is 13.2. The van der Waals surface area contributed by atoms with Gasteiger partial charge in [0.25, 0.3) is 0 Å². The summed E-state index contributed by atoms with van der Waals surface area (Å²) in [6.07, 6.45) is 3.89. The second-order valence-electron chi connectivity index (χ2n) is 7.93. The van der Waals surface area contributed by atoms with E-state index < -0.39 is 0 Å². The van der Waals surface area contributed by atoms with E-state index in [1.54, 1.807) is 0 Å². The normalized spacial score (nSPS) is 19.5. The third-order valence-electron chi connectivity index (χ3n) is 5.53. The minimum absolute atomic E-state index is 0.932. The number of piperidine rings is 1. The molecule has 3 heteroatoms. The number of hydrogen-bond donors (Lipinski definition) is 3. The molecular formula is C25H35N3. The third kappa shape index (κ3) is 5.26. The highest BCUT2D eigenvalue weighted by atomic mass is 15.2. The molecule has 1 saturated heterocycles. The van der Waals surface area contributed by atoms with Crippen LogP contribution in [0.25, 0.3) is 5.57 Å². The monoisotopic (exact) mass is 377 g/mol. The van der Waals surface area contributed by atoms with Gasteiger partial charge in [-0.25, -0.2) is 0 Å². The minimum atomic E-state index is 0.932. The number of hydrazine groups is 1. The first kappa shape index (κ1) is 21.8. The maximum absolute atomic E-state index is 5.65. The Morgan fingerprint density at radius 3 is 2.25 bits per heavy atom. The summed E-state index contributed by atoms with van der Waals surface area (Å²) in [5, 5.41) is 3.66. The van der Waals surface area contributed by atoms with Gasteiger partial charge in [0.15, 0.2) is 0 Å². The fourth-order valence-corrected chi connectivity index (χ4v) is 3.45. The van der Waals surface area contributed by atoms with Gasteiger partial charge in [-0.1, -0.05) is 42.0 Å². The van der Waals surface area contributed by atoms with E-state index in [4.69, 9.17) is 5.84 Å². The molecule has 1 aromatic rings. The molecule has 1 heterocycles. The summed E-state index contributed by atoms with van der Waals surface area (Å²) < 4.78 is 0. The predicted octanol–water partition coefficient (Wildman–Crippen LogP) is 6.03. The van der Waals surface area contributed by atoms with Crippen molar-refractivity contribution in [1.82, 2.24) is 10.7 Å². The topological polar surface area (TPSA) is 50.1 Å². The predicted molar refractivity (Wildman–Crippen MR) is 122 cm³/mol. The number of allylic oxidation sites excluding steroid dienone is 7. The van der Waals surface area contributed by atoms with Gasteiger partial charge < -0.3 is 10.7 Å². The lowest BCUT2D eigenvalue weighted by atomic mass is 9.87. The molecule has 1 aliphatic heterocycles. The maximum atomic E-state index is 5.65. The fourth-order valence-electron chi connectivity index (χ4n) is 3.45. The van der Waals surface area contributed by atoms with Crippen LogP contribution < -0.4 is 16.6 Å². The van der Waals surface area contributed by atoms with Crippen molar-refractivity contribution in [3.8, 4) is 0 Å². The summed E-state index contributed by atoms with van der Waals surface area (Å²) in [6, 6.07) is 8.60. The van der Waals surface area contributed by atoms with Gasteiger partial charge in [0, 0.05) is 17.1 Å². The lowest BCUT2D eigenvalue weighted by molar-refractivity contribution is 0.702. The Morgan fingerprint density at radius 2 is 1.68 bits per heavy atom. The zero-order chi connectivity index (χ0) is 20.8. The quantitative estimate of drug-likeness (QED) is 0.322. The molecule has 0 unspecified atom stereocenters. The summed E-state index contributed by atoms with van der Waals surface area (Å²) in [7, 11) is 0. The Bertz CT molecular complexity index is 848. The van der Waals surface area contributed by atoms with E-state index in [0.29, 0.717) is 0 Å². The highest BCUT2D eigenvalue weighted by molar-refractivity contribution is 5.79. The van der Waals surface area contributed by atoms with Crippen molar-refractivity contribution in [2.75, 3.05) is 0 Å². The minimum Gasteiger partial charge on any atom is -0.357 e. The Balaban J connectivity index is 2.47. The van der Waals surface area contributed by atoms with Gasteiger partial charge in [-0.15, -0.1) is 6.58 Å². The molecule has 0 saturated carbocycles. The fraction of sp³-hybridized carbons (Fsp3) is 0.360. The van der Waals surface area contributed by atoms with Gasteiger partial charge in [-0.2, -0.15) is 0 Å². The van der Waals surface area contributed by atoms with Crippen LogP contribution >= 0.6 is 0 Å². The Hall–Kier alpha value is -2.52. The Labute approximate surface area is 170 Å². The lowest BCUT2D eigenvalue weighted by Crippen LogP contribution is -2.29. The number of rotatable bonds is 6. The summed E-state index contributed by atoms with van der Waals surface area (Å²) >= 11 is 0. The molecule has 0 radical (unpaired) electrons. The molecule has 0 atom stereocenters. The van der Waals surface area contributed by atoms with E-state index >= 15 is 0 Å². The van der Waals surface area contributed by atoms with Crippen LogP contribution in [0.2, 0.25) is 0 Å². The van der Waals surface area contributed by atoms with Crippen molar-refractivity contribution < 1.29 is 0 Å². The lowest BCUT2D eigenvalue weighted by Gasteiger charge is -2.29. The Morgan fingerprint density at radius 1 is 1.04 bits per heavy atom. The molecule has 28 heavy (non-hydrogen) atoms. The van der Waals surface area contributed by atoms with Crippen LogP contribution in [-0.4, -0.2) is 0 Å². The zero-order valence-electron chi connectivity index (χ0n) is 18.1. The van der Waals surface area contributed by atoms with Crippen LogP contribution in [0.5, 0.6) is 0 Å². The molecule has 0 bridgehead atoms. The van der Waals surface area contributed by atoms with Crippen LogP contribution in [0.15, 0.2) is 76.8 Å². The highest BCUT2D eigenvalue weighted by Gasteiger charge is 2.21. The van der Waals surface area contributed by atoms with Gasteiger partial charge in [-0.05, 0) is 88.2 Å². The van der Waals surface area contributed by atoms with E-state index in [1.807, 2.05) is 6.92 Å². The number of nitrogens with one attached hydrogen (secondary N) is 2. The van der Waals surface area contributed by atoms with Gasteiger partial charge in [0.05, 0.1) is 0 Å². The third-order valence-corrected chi connectivity index (χ3v) is 5.53. The van der Waals surface area contributed by atoms with Gasteiger partial charge >= 0.3 is 0 Å². The largest absolute Gasteiger partial charge is 0.357 e. The molecular weight excluding hydrogens is 342 g/mol. The van der Waals surface area contributed by atoms with Crippen LogP contribution in [0.3, 0.4) is 0 Å². The molecule has 3 nitrogen and oxygen atoms in total. The van der Waals surface area contributed by atoms with E-state index in [9.17, 15) is 0 Å². The molecule has 0 spiro atoms. The number of aryl methyl sites for hydroxylation is 1. The summed E-state index contributed by atoms with van der Waals surface area (Å²) in [5.74, 6) is 5.65. The maximum Gasteiger partial charge on any atom is 0.0420 e. The average molecular weight is 378 g/mol. The SMILES string of the molecule is C=C(C)CC/C(C)=C1/N/C(=C(/C)NN)CC/C1=C(\C)C(=C)c1ccc(C)cc1. The molecule has 1 fully saturated rings. The number of benzene rings is 1. The smallest absolute Gasteiger partial charge is 0.0420 e. The molecule has 150 valence electrons. The zero-order valence-corrected chi connectivity index (χ0v) is 18.1. The van der Waals surface area contributed by atoms with Crippen molar-refractivity contribution in [2.24, 2.45) is 5.84 Å². The summed E-state index contributed by atoms with van der Waals surface area (Å²) in [6.45, 7) is 19.1. The molecule has 1 aromatic carbocycles. The second kappa shape index (κ2) is 9.61. The molecule has 1 aliphatic rings. The number of nitrogens with two attached hydrogens (primary N) is 1. The summed E-state index contributed by atoms with van der Waals surface area (Å²) in [5.41, 5.74) is 14.8. The molecule has 2 rings (SSSR count). The van der Waals surface area contributed by atoms with E-state index in [-0.39, 0.29) is 0 Å². The van der Waals surface area contributed by atoms with Crippen LogP contribution in [0, 0.1) is 6.92 Å². The van der Waals surface area contributed by atoms with Gasteiger partial charge in [0.1, 0.15) is 0 Å². The first-order valence-electron chi connectivity index (χ1n) is 9.98.